The first-order chi connectivity index (χ1) is 15.8. The van der Waals surface area contributed by atoms with Gasteiger partial charge in [0.25, 0.3) is 11.6 Å². The normalized spacial score (nSPS) is 10.9. The van der Waals surface area contributed by atoms with Crippen LogP contribution in [0.1, 0.15) is 16.7 Å². The van der Waals surface area contributed by atoms with E-state index in [4.69, 9.17) is 4.74 Å². The highest BCUT2D eigenvalue weighted by molar-refractivity contribution is 14.1. The quantitative estimate of drug-likeness (QED) is 0.106. The van der Waals surface area contributed by atoms with Crippen molar-refractivity contribution in [3.8, 4) is 11.8 Å². The average Bonchev–Trinajstić information content (AvgIpc) is 2.78. The van der Waals surface area contributed by atoms with Crippen molar-refractivity contribution in [2.24, 2.45) is 0 Å². The van der Waals surface area contributed by atoms with Crippen LogP contribution in [0.4, 0.5) is 11.4 Å². The Kier molecular flexibility index (Phi) is 8.40. The number of carbonyl (C=O) groups is 1. The van der Waals surface area contributed by atoms with Crippen LogP contribution in [0.3, 0.4) is 0 Å². The van der Waals surface area contributed by atoms with E-state index in [9.17, 15) is 20.2 Å². The first kappa shape index (κ1) is 24.7. The maximum Gasteiger partial charge on any atom is 0.293 e. The highest BCUT2D eigenvalue weighted by Crippen LogP contribution is 2.31. The molecule has 0 spiro atoms. The molecule has 0 heterocycles. The number of carbonyl (C=O) groups excluding carboxylic acids is 1. The molecule has 1 N–H and O–H groups in total. The van der Waals surface area contributed by atoms with Crippen molar-refractivity contribution in [3.63, 3.8) is 0 Å². The van der Waals surface area contributed by atoms with E-state index in [1.165, 1.54) is 18.2 Å². The van der Waals surface area contributed by atoms with Gasteiger partial charge in [-0.25, -0.2) is 0 Å². The standard InChI is InChI=1S/C24H17I2N3O4/c1-15-7-8-21(22(9-15)29(31)32)28-24(30)18(13-27)10-17-11-19(25)23(20(26)12-17)33-14-16-5-3-2-4-6-16/h2-12H,14H2,1H3,(H,28,30)/b18-10+. The lowest BCUT2D eigenvalue weighted by molar-refractivity contribution is -0.384. The van der Waals surface area contributed by atoms with Crippen LogP contribution in [0.25, 0.3) is 6.08 Å². The minimum atomic E-state index is -0.723. The van der Waals surface area contributed by atoms with E-state index in [1.54, 1.807) is 13.0 Å². The van der Waals surface area contributed by atoms with Crippen molar-refractivity contribution >= 4 is 68.5 Å². The van der Waals surface area contributed by atoms with Crippen LogP contribution in [-0.4, -0.2) is 10.8 Å². The van der Waals surface area contributed by atoms with Gasteiger partial charge in [-0.05, 0) is 93.1 Å². The Morgan fingerprint density at radius 3 is 2.42 bits per heavy atom. The molecule has 0 saturated carbocycles. The van der Waals surface area contributed by atoms with Crippen molar-refractivity contribution in [1.82, 2.24) is 0 Å². The summed E-state index contributed by atoms with van der Waals surface area (Å²) in [6.45, 7) is 2.14. The van der Waals surface area contributed by atoms with Crippen molar-refractivity contribution in [2.45, 2.75) is 13.5 Å². The molecule has 0 unspecified atom stereocenters. The number of anilines is 1. The summed E-state index contributed by atoms with van der Waals surface area (Å²) in [6.07, 6.45) is 1.45. The Bertz CT molecular complexity index is 1260. The van der Waals surface area contributed by atoms with E-state index in [2.05, 4.69) is 50.5 Å². The van der Waals surface area contributed by atoms with Crippen LogP contribution in [-0.2, 0) is 11.4 Å². The first-order valence-electron chi connectivity index (χ1n) is 9.62. The summed E-state index contributed by atoms with van der Waals surface area (Å²) < 4.78 is 7.62. The molecule has 9 heteroatoms. The number of hydrogen-bond donors (Lipinski definition) is 1. The molecular formula is C24H17I2N3O4. The number of nitro benzene ring substituents is 1. The predicted octanol–water partition coefficient (Wildman–Crippen LogP) is 6.24. The molecule has 0 aliphatic heterocycles. The molecule has 0 atom stereocenters. The molecule has 0 aliphatic rings. The summed E-state index contributed by atoms with van der Waals surface area (Å²) in [7, 11) is 0. The lowest BCUT2D eigenvalue weighted by atomic mass is 10.1. The third-order valence-electron chi connectivity index (χ3n) is 4.52. The lowest BCUT2D eigenvalue weighted by Gasteiger charge is -2.12. The number of ether oxygens (including phenoxy) is 1. The fraction of sp³-hybridized carbons (Fsp3) is 0.0833. The number of nitriles is 1. The van der Waals surface area contributed by atoms with E-state index >= 15 is 0 Å². The molecule has 0 aliphatic carbocycles. The van der Waals surface area contributed by atoms with E-state index in [-0.39, 0.29) is 16.9 Å². The Hall–Kier alpha value is -2.98. The zero-order chi connectivity index (χ0) is 24.0. The highest BCUT2D eigenvalue weighted by Gasteiger charge is 2.18. The second-order valence-electron chi connectivity index (χ2n) is 6.99. The van der Waals surface area contributed by atoms with Gasteiger partial charge in [0.05, 0.1) is 12.1 Å². The van der Waals surface area contributed by atoms with Gasteiger partial charge in [0.1, 0.15) is 29.7 Å². The number of halogens is 2. The van der Waals surface area contributed by atoms with Crippen molar-refractivity contribution in [3.05, 3.63) is 100 Å². The van der Waals surface area contributed by atoms with Gasteiger partial charge in [0.2, 0.25) is 0 Å². The highest BCUT2D eigenvalue weighted by atomic mass is 127. The smallest absolute Gasteiger partial charge is 0.293 e. The largest absolute Gasteiger partial charge is 0.487 e. The van der Waals surface area contributed by atoms with E-state index in [1.807, 2.05) is 48.5 Å². The number of benzene rings is 3. The van der Waals surface area contributed by atoms with E-state index in [0.29, 0.717) is 17.7 Å². The van der Waals surface area contributed by atoms with Gasteiger partial charge in [-0.3, -0.25) is 14.9 Å². The number of amides is 1. The topological polar surface area (TPSA) is 105 Å². The molecule has 33 heavy (non-hydrogen) atoms. The van der Waals surface area contributed by atoms with Crippen LogP contribution < -0.4 is 10.1 Å². The van der Waals surface area contributed by atoms with Gasteiger partial charge in [-0.2, -0.15) is 5.26 Å². The Balaban J connectivity index is 1.81. The minimum absolute atomic E-state index is 0.0329. The zero-order valence-corrected chi connectivity index (χ0v) is 21.7. The third-order valence-corrected chi connectivity index (χ3v) is 6.12. The molecule has 1 amide bonds. The van der Waals surface area contributed by atoms with Gasteiger partial charge < -0.3 is 10.1 Å². The van der Waals surface area contributed by atoms with Crippen LogP contribution in [0.5, 0.6) is 5.75 Å². The Morgan fingerprint density at radius 2 is 1.82 bits per heavy atom. The van der Waals surface area contributed by atoms with Crippen LogP contribution in [0.15, 0.2) is 66.2 Å². The predicted molar refractivity (Wildman–Crippen MR) is 143 cm³/mol. The van der Waals surface area contributed by atoms with Gasteiger partial charge in [0.15, 0.2) is 0 Å². The molecular weight excluding hydrogens is 648 g/mol. The number of nitrogens with zero attached hydrogens (tertiary/aromatic N) is 2. The van der Waals surface area contributed by atoms with Gasteiger partial charge >= 0.3 is 0 Å². The van der Waals surface area contributed by atoms with Gasteiger partial charge in [-0.15, -0.1) is 0 Å². The van der Waals surface area contributed by atoms with Crippen molar-refractivity contribution in [1.29, 1.82) is 5.26 Å². The summed E-state index contributed by atoms with van der Waals surface area (Å²) in [5.74, 6) is -0.00526. The summed E-state index contributed by atoms with van der Waals surface area (Å²) in [5, 5.41) is 23.3. The maximum absolute atomic E-state index is 12.7. The number of hydrogen-bond acceptors (Lipinski definition) is 5. The number of nitrogens with one attached hydrogen (secondary N) is 1. The molecule has 0 aromatic heterocycles. The third kappa shape index (κ3) is 6.52. The number of rotatable bonds is 7. The van der Waals surface area contributed by atoms with E-state index < -0.39 is 10.8 Å². The van der Waals surface area contributed by atoms with Crippen molar-refractivity contribution in [2.75, 3.05) is 5.32 Å². The van der Waals surface area contributed by atoms with Gasteiger partial charge in [-0.1, -0.05) is 36.4 Å². The molecule has 0 bridgehead atoms. The minimum Gasteiger partial charge on any atom is -0.487 e. The van der Waals surface area contributed by atoms with Crippen LogP contribution in [0, 0.1) is 35.5 Å². The Morgan fingerprint density at radius 1 is 1.15 bits per heavy atom. The molecule has 0 saturated heterocycles. The molecule has 0 fully saturated rings. The molecule has 0 radical (unpaired) electrons. The van der Waals surface area contributed by atoms with E-state index in [0.717, 1.165) is 18.5 Å². The summed E-state index contributed by atoms with van der Waals surface area (Å²) in [4.78, 5) is 23.4. The van der Waals surface area contributed by atoms with Crippen LogP contribution in [0.2, 0.25) is 0 Å². The molecule has 7 nitrogen and oxygen atoms in total. The van der Waals surface area contributed by atoms with Gasteiger partial charge in [0, 0.05) is 6.07 Å². The van der Waals surface area contributed by atoms with Crippen LogP contribution >= 0.6 is 45.2 Å². The fourth-order valence-corrected chi connectivity index (χ4v) is 5.06. The van der Waals surface area contributed by atoms with Crippen molar-refractivity contribution < 1.29 is 14.5 Å². The monoisotopic (exact) mass is 665 g/mol. The summed E-state index contributed by atoms with van der Waals surface area (Å²) in [6, 6.07) is 19.7. The zero-order valence-electron chi connectivity index (χ0n) is 17.3. The number of aryl methyl sites for hydroxylation is 1. The molecule has 3 aromatic carbocycles. The first-order valence-corrected chi connectivity index (χ1v) is 11.8. The maximum atomic E-state index is 12.7. The second kappa shape index (κ2) is 11.2. The lowest BCUT2D eigenvalue weighted by Crippen LogP contribution is -2.14. The molecule has 166 valence electrons. The average molecular weight is 665 g/mol. The SMILES string of the molecule is Cc1ccc(NC(=O)/C(C#N)=C/c2cc(I)c(OCc3ccccc3)c(I)c2)c([N+](=O)[O-])c1. The fourth-order valence-electron chi connectivity index (χ4n) is 2.93. The molecule has 3 aromatic rings. The number of nitro groups is 1. The summed E-state index contributed by atoms with van der Waals surface area (Å²) in [5.41, 5.74) is 2.00. The summed E-state index contributed by atoms with van der Waals surface area (Å²) >= 11 is 4.29. The second-order valence-corrected chi connectivity index (χ2v) is 9.31. The Labute approximate surface area is 217 Å². The molecule has 3 rings (SSSR count).